The molecular weight excluding hydrogens is 418 g/mol. The normalized spacial score (nSPS) is 15.1. The van der Waals surface area contributed by atoms with E-state index >= 15 is 0 Å². The Morgan fingerprint density at radius 2 is 1.71 bits per heavy atom. The van der Waals surface area contributed by atoms with Crippen molar-refractivity contribution in [3.05, 3.63) is 69.8 Å². The van der Waals surface area contributed by atoms with Gasteiger partial charge in [-0.15, -0.1) is 0 Å². The number of benzene rings is 2. The molecule has 9 heteroatoms. The van der Waals surface area contributed by atoms with Gasteiger partial charge < -0.3 is 4.90 Å². The lowest BCUT2D eigenvalue weighted by atomic mass is 10.1. The van der Waals surface area contributed by atoms with Gasteiger partial charge in [-0.05, 0) is 37.8 Å². The standard InChI is InChI=1S/C22H27N3O5S/c1-18-9-11-19(12-10-18)5-2-3-8-22(26)23-13-15-24(16-14-23)31(29,30)21-7-4-6-20(17-21)25(27)28/h4,6-7,9-12,17H,2-3,5,8,13-16H2,1H3. The van der Waals surface area contributed by atoms with Gasteiger partial charge in [0.25, 0.3) is 5.69 Å². The Balaban J connectivity index is 1.47. The number of piperazine rings is 1. The molecule has 2 aromatic carbocycles. The fraction of sp³-hybridized carbons (Fsp3) is 0.409. The average Bonchev–Trinajstić information content (AvgIpc) is 2.78. The summed E-state index contributed by atoms with van der Waals surface area (Å²) in [4.78, 5) is 24.4. The molecule has 1 aliphatic rings. The fourth-order valence-corrected chi connectivity index (χ4v) is 5.07. The topological polar surface area (TPSA) is 101 Å². The van der Waals surface area contributed by atoms with Crippen LogP contribution >= 0.6 is 0 Å². The van der Waals surface area contributed by atoms with Crippen LogP contribution in [0.4, 0.5) is 5.69 Å². The molecule has 8 nitrogen and oxygen atoms in total. The summed E-state index contributed by atoms with van der Waals surface area (Å²) in [5.74, 6) is 0.0382. The monoisotopic (exact) mass is 445 g/mol. The van der Waals surface area contributed by atoms with Crippen LogP contribution in [0.2, 0.25) is 0 Å². The zero-order valence-electron chi connectivity index (χ0n) is 17.6. The zero-order valence-corrected chi connectivity index (χ0v) is 18.4. The van der Waals surface area contributed by atoms with Crippen LogP contribution in [0.1, 0.15) is 30.4 Å². The Labute approximate surface area is 182 Å². The van der Waals surface area contributed by atoms with E-state index in [1.807, 2.05) is 0 Å². The minimum atomic E-state index is -3.83. The van der Waals surface area contributed by atoms with Gasteiger partial charge in [0.1, 0.15) is 0 Å². The van der Waals surface area contributed by atoms with E-state index in [0.29, 0.717) is 19.5 Å². The number of nitro groups is 1. The van der Waals surface area contributed by atoms with Gasteiger partial charge in [-0.3, -0.25) is 14.9 Å². The largest absolute Gasteiger partial charge is 0.340 e. The quantitative estimate of drug-likeness (QED) is 0.353. The molecule has 0 aromatic heterocycles. The maximum atomic E-state index is 12.8. The maximum Gasteiger partial charge on any atom is 0.270 e. The van der Waals surface area contributed by atoms with Crippen LogP contribution < -0.4 is 0 Å². The molecular formula is C22H27N3O5S. The van der Waals surface area contributed by atoms with Crippen LogP contribution in [0.3, 0.4) is 0 Å². The number of unbranched alkanes of at least 4 members (excludes halogenated alkanes) is 1. The molecule has 1 saturated heterocycles. The van der Waals surface area contributed by atoms with Gasteiger partial charge in [-0.1, -0.05) is 35.9 Å². The minimum Gasteiger partial charge on any atom is -0.340 e. The van der Waals surface area contributed by atoms with Gasteiger partial charge in [-0.25, -0.2) is 8.42 Å². The van der Waals surface area contributed by atoms with Gasteiger partial charge in [0, 0.05) is 44.7 Å². The first-order valence-corrected chi connectivity index (χ1v) is 11.8. The predicted molar refractivity (Wildman–Crippen MR) is 117 cm³/mol. The second-order valence-electron chi connectivity index (χ2n) is 7.73. The molecule has 31 heavy (non-hydrogen) atoms. The zero-order chi connectivity index (χ0) is 22.4. The Bertz CT molecular complexity index is 1030. The van der Waals surface area contributed by atoms with E-state index in [4.69, 9.17) is 0 Å². The first-order valence-electron chi connectivity index (χ1n) is 10.4. The molecule has 1 fully saturated rings. The summed E-state index contributed by atoms with van der Waals surface area (Å²) in [7, 11) is -3.83. The molecule has 0 radical (unpaired) electrons. The number of nitro benzene ring substituents is 1. The van der Waals surface area contributed by atoms with Crippen molar-refractivity contribution in [1.29, 1.82) is 0 Å². The molecule has 2 aromatic rings. The second kappa shape index (κ2) is 10.0. The lowest BCUT2D eigenvalue weighted by Crippen LogP contribution is -2.50. The van der Waals surface area contributed by atoms with Crippen molar-refractivity contribution in [1.82, 2.24) is 9.21 Å². The number of non-ortho nitro benzene ring substituents is 1. The highest BCUT2D eigenvalue weighted by Gasteiger charge is 2.30. The molecule has 0 N–H and O–H groups in total. The summed E-state index contributed by atoms with van der Waals surface area (Å²) in [5, 5.41) is 10.9. The van der Waals surface area contributed by atoms with Crippen molar-refractivity contribution in [3.8, 4) is 0 Å². The van der Waals surface area contributed by atoms with Crippen LogP contribution in [0.5, 0.6) is 0 Å². The highest BCUT2D eigenvalue weighted by atomic mass is 32.2. The summed E-state index contributed by atoms with van der Waals surface area (Å²) in [6.45, 7) is 3.06. The number of sulfonamides is 1. The van der Waals surface area contributed by atoms with Crippen LogP contribution in [0.15, 0.2) is 53.4 Å². The van der Waals surface area contributed by atoms with Gasteiger partial charge >= 0.3 is 0 Å². The van der Waals surface area contributed by atoms with Gasteiger partial charge in [0.05, 0.1) is 9.82 Å². The number of aryl methyl sites for hydroxylation is 2. The van der Waals surface area contributed by atoms with Gasteiger partial charge in [0.2, 0.25) is 15.9 Å². The SMILES string of the molecule is Cc1ccc(CCCCC(=O)N2CCN(S(=O)(=O)c3cccc([N+](=O)[O-])c3)CC2)cc1. The van der Waals surface area contributed by atoms with Crippen molar-refractivity contribution in [2.45, 2.75) is 37.5 Å². The summed E-state index contributed by atoms with van der Waals surface area (Å²) in [6.07, 6.45) is 3.10. The Morgan fingerprint density at radius 1 is 1.03 bits per heavy atom. The van der Waals surface area contributed by atoms with E-state index in [1.54, 1.807) is 4.90 Å². The van der Waals surface area contributed by atoms with Crippen LogP contribution in [0.25, 0.3) is 0 Å². The molecule has 0 unspecified atom stereocenters. The number of hydrogen-bond acceptors (Lipinski definition) is 5. The van der Waals surface area contributed by atoms with E-state index < -0.39 is 14.9 Å². The number of carbonyl (C=O) groups excluding carboxylic acids is 1. The third kappa shape index (κ3) is 5.89. The maximum absolute atomic E-state index is 12.8. The summed E-state index contributed by atoms with van der Waals surface area (Å²) >= 11 is 0. The first-order chi connectivity index (χ1) is 14.8. The van der Waals surface area contributed by atoms with Crippen LogP contribution in [0, 0.1) is 17.0 Å². The summed E-state index contributed by atoms with van der Waals surface area (Å²) < 4.78 is 26.9. The van der Waals surface area contributed by atoms with Crippen LogP contribution in [-0.2, 0) is 21.2 Å². The number of amides is 1. The molecule has 1 heterocycles. The molecule has 0 spiro atoms. The van der Waals surface area contributed by atoms with E-state index in [2.05, 4.69) is 31.2 Å². The second-order valence-corrected chi connectivity index (χ2v) is 9.67. The van der Waals surface area contributed by atoms with Crippen LogP contribution in [-0.4, -0.2) is 54.6 Å². The molecule has 1 amide bonds. The van der Waals surface area contributed by atoms with E-state index in [1.165, 1.54) is 33.6 Å². The molecule has 1 aliphatic heterocycles. The Kier molecular flexibility index (Phi) is 7.40. The number of nitrogens with zero attached hydrogens (tertiary/aromatic N) is 3. The lowest BCUT2D eigenvalue weighted by Gasteiger charge is -2.34. The van der Waals surface area contributed by atoms with E-state index in [-0.39, 0.29) is 29.6 Å². The van der Waals surface area contributed by atoms with Crippen molar-refractivity contribution in [2.75, 3.05) is 26.2 Å². The highest BCUT2D eigenvalue weighted by Crippen LogP contribution is 2.22. The third-order valence-corrected chi connectivity index (χ3v) is 7.38. The number of carbonyl (C=O) groups is 1. The first kappa shape index (κ1) is 22.9. The molecule has 0 atom stereocenters. The van der Waals surface area contributed by atoms with E-state index in [9.17, 15) is 23.3 Å². The van der Waals surface area contributed by atoms with Gasteiger partial charge in [0.15, 0.2) is 0 Å². The molecule has 0 bridgehead atoms. The van der Waals surface area contributed by atoms with Crippen molar-refractivity contribution in [3.63, 3.8) is 0 Å². The summed E-state index contributed by atoms with van der Waals surface area (Å²) in [6, 6.07) is 13.4. The summed E-state index contributed by atoms with van der Waals surface area (Å²) in [5.41, 5.74) is 2.23. The minimum absolute atomic E-state index is 0.0382. The fourth-order valence-electron chi connectivity index (χ4n) is 3.60. The lowest BCUT2D eigenvalue weighted by molar-refractivity contribution is -0.385. The number of hydrogen-bond donors (Lipinski definition) is 0. The molecule has 0 aliphatic carbocycles. The predicted octanol–water partition coefficient (Wildman–Crippen LogP) is 3.15. The van der Waals surface area contributed by atoms with Crippen molar-refractivity contribution >= 4 is 21.6 Å². The smallest absolute Gasteiger partial charge is 0.270 e. The molecule has 3 rings (SSSR count). The molecule has 166 valence electrons. The van der Waals surface area contributed by atoms with Crippen molar-refractivity contribution < 1.29 is 18.1 Å². The average molecular weight is 446 g/mol. The Hall–Kier alpha value is -2.78. The highest BCUT2D eigenvalue weighted by molar-refractivity contribution is 7.89. The third-order valence-electron chi connectivity index (χ3n) is 5.48. The molecule has 0 saturated carbocycles. The van der Waals surface area contributed by atoms with Crippen molar-refractivity contribution in [2.24, 2.45) is 0 Å². The van der Waals surface area contributed by atoms with E-state index in [0.717, 1.165) is 25.3 Å². The van der Waals surface area contributed by atoms with Gasteiger partial charge in [-0.2, -0.15) is 4.31 Å². The number of rotatable bonds is 8. The Morgan fingerprint density at radius 3 is 2.35 bits per heavy atom.